The number of hydrogen-bond donors (Lipinski definition) is 1. The second-order valence-electron chi connectivity index (χ2n) is 4.73. The number of nitrogens with one attached hydrogen (secondary N) is 1. The normalized spacial score (nSPS) is 11.3. The zero-order valence-electron chi connectivity index (χ0n) is 12.1. The SMILES string of the molecule is Cc1ncc(/C=C/C(=O)NCCc2nc3ccccc3s2)s1. The van der Waals surface area contributed by atoms with Crippen molar-refractivity contribution in [2.24, 2.45) is 0 Å². The van der Waals surface area contributed by atoms with Crippen LogP contribution in [-0.4, -0.2) is 22.4 Å². The van der Waals surface area contributed by atoms with E-state index in [-0.39, 0.29) is 5.91 Å². The van der Waals surface area contributed by atoms with Crippen molar-refractivity contribution in [2.45, 2.75) is 13.3 Å². The van der Waals surface area contributed by atoms with Gasteiger partial charge in [-0.3, -0.25) is 4.79 Å². The van der Waals surface area contributed by atoms with Crippen LogP contribution in [0, 0.1) is 6.92 Å². The molecule has 22 heavy (non-hydrogen) atoms. The summed E-state index contributed by atoms with van der Waals surface area (Å²) < 4.78 is 1.18. The molecule has 1 N–H and O–H groups in total. The van der Waals surface area contributed by atoms with E-state index in [1.807, 2.05) is 25.1 Å². The van der Waals surface area contributed by atoms with Gasteiger partial charge in [-0.1, -0.05) is 12.1 Å². The summed E-state index contributed by atoms with van der Waals surface area (Å²) in [6, 6.07) is 8.07. The van der Waals surface area contributed by atoms with Crippen molar-refractivity contribution in [1.29, 1.82) is 0 Å². The molecule has 0 saturated carbocycles. The van der Waals surface area contributed by atoms with Gasteiger partial charge in [0.1, 0.15) is 0 Å². The molecule has 0 unspecified atom stereocenters. The summed E-state index contributed by atoms with van der Waals surface area (Å²) in [5, 5.41) is 4.92. The lowest BCUT2D eigenvalue weighted by Gasteiger charge is -1.99. The lowest BCUT2D eigenvalue weighted by atomic mass is 10.3. The molecule has 0 saturated heterocycles. The molecule has 0 aliphatic rings. The van der Waals surface area contributed by atoms with Crippen LogP contribution in [0.25, 0.3) is 16.3 Å². The Balaban J connectivity index is 1.50. The molecule has 4 nitrogen and oxygen atoms in total. The topological polar surface area (TPSA) is 54.9 Å². The highest BCUT2D eigenvalue weighted by molar-refractivity contribution is 7.18. The minimum absolute atomic E-state index is 0.0906. The third kappa shape index (κ3) is 3.78. The predicted octanol–water partition coefficient (Wildman–Crippen LogP) is 3.43. The number of amides is 1. The number of nitrogens with zero attached hydrogens (tertiary/aromatic N) is 2. The van der Waals surface area contributed by atoms with Gasteiger partial charge in [-0.25, -0.2) is 9.97 Å². The van der Waals surface area contributed by atoms with E-state index in [0.717, 1.165) is 26.8 Å². The first-order valence-corrected chi connectivity index (χ1v) is 8.57. The molecular formula is C16H15N3OS2. The summed E-state index contributed by atoms with van der Waals surface area (Å²) in [5.74, 6) is -0.0906. The van der Waals surface area contributed by atoms with E-state index >= 15 is 0 Å². The number of fused-ring (bicyclic) bond motifs is 1. The van der Waals surface area contributed by atoms with Gasteiger partial charge in [0.2, 0.25) is 5.91 Å². The van der Waals surface area contributed by atoms with Crippen molar-refractivity contribution in [3.63, 3.8) is 0 Å². The Morgan fingerprint density at radius 2 is 2.18 bits per heavy atom. The van der Waals surface area contributed by atoms with Crippen LogP contribution in [0.2, 0.25) is 0 Å². The second kappa shape index (κ2) is 6.81. The molecule has 2 heterocycles. The van der Waals surface area contributed by atoms with Crippen molar-refractivity contribution >= 4 is 44.9 Å². The van der Waals surface area contributed by atoms with Crippen molar-refractivity contribution in [2.75, 3.05) is 6.54 Å². The lowest BCUT2D eigenvalue weighted by molar-refractivity contribution is -0.116. The summed E-state index contributed by atoms with van der Waals surface area (Å²) in [7, 11) is 0. The van der Waals surface area contributed by atoms with E-state index < -0.39 is 0 Å². The van der Waals surface area contributed by atoms with Gasteiger partial charge in [0.25, 0.3) is 0 Å². The van der Waals surface area contributed by atoms with Crippen LogP contribution in [0.5, 0.6) is 0 Å². The fourth-order valence-corrected chi connectivity index (χ4v) is 3.65. The average Bonchev–Trinajstić information content (AvgIpc) is 3.10. The zero-order chi connectivity index (χ0) is 15.4. The molecule has 1 amide bonds. The largest absolute Gasteiger partial charge is 0.352 e. The van der Waals surface area contributed by atoms with Crippen LogP contribution in [0.1, 0.15) is 14.9 Å². The first kappa shape index (κ1) is 14.9. The summed E-state index contributed by atoms with van der Waals surface area (Å²) >= 11 is 3.24. The number of rotatable bonds is 5. The molecule has 0 aliphatic heterocycles. The molecule has 1 aromatic carbocycles. The van der Waals surface area contributed by atoms with Crippen LogP contribution >= 0.6 is 22.7 Å². The monoisotopic (exact) mass is 329 g/mol. The third-order valence-corrected chi connectivity index (χ3v) is 4.99. The minimum atomic E-state index is -0.0906. The first-order valence-electron chi connectivity index (χ1n) is 6.93. The molecule has 0 atom stereocenters. The Labute approximate surface area is 136 Å². The number of carbonyl (C=O) groups is 1. The highest BCUT2D eigenvalue weighted by Gasteiger charge is 2.03. The van der Waals surface area contributed by atoms with Gasteiger partial charge in [0, 0.05) is 30.1 Å². The van der Waals surface area contributed by atoms with Gasteiger partial charge in [-0.15, -0.1) is 22.7 Å². The van der Waals surface area contributed by atoms with E-state index in [4.69, 9.17) is 0 Å². The summed E-state index contributed by atoms with van der Waals surface area (Å²) in [6.07, 6.45) is 5.85. The Morgan fingerprint density at radius 3 is 2.95 bits per heavy atom. The van der Waals surface area contributed by atoms with E-state index in [0.29, 0.717) is 6.54 Å². The predicted molar refractivity (Wildman–Crippen MR) is 92.2 cm³/mol. The smallest absolute Gasteiger partial charge is 0.244 e. The molecular weight excluding hydrogens is 314 g/mol. The fraction of sp³-hybridized carbons (Fsp3) is 0.188. The summed E-state index contributed by atoms with van der Waals surface area (Å²) in [4.78, 5) is 21.4. The molecule has 0 bridgehead atoms. The number of aryl methyl sites for hydroxylation is 1. The number of para-hydroxylation sites is 1. The molecule has 0 radical (unpaired) electrons. The fourth-order valence-electron chi connectivity index (χ4n) is 1.99. The summed E-state index contributed by atoms with van der Waals surface area (Å²) in [6.45, 7) is 2.53. The third-order valence-electron chi connectivity index (χ3n) is 3.01. The minimum Gasteiger partial charge on any atom is -0.352 e. The van der Waals surface area contributed by atoms with Gasteiger partial charge >= 0.3 is 0 Å². The quantitative estimate of drug-likeness (QED) is 0.730. The van der Waals surface area contributed by atoms with Gasteiger partial charge in [-0.05, 0) is 25.1 Å². The van der Waals surface area contributed by atoms with Crippen molar-refractivity contribution in [3.8, 4) is 0 Å². The maximum Gasteiger partial charge on any atom is 0.244 e. The van der Waals surface area contributed by atoms with Gasteiger partial charge in [-0.2, -0.15) is 0 Å². The second-order valence-corrected chi connectivity index (χ2v) is 7.11. The number of aromatic nitrogens is 2. The lowest BCUT2D eigenvalue weighted by Crippen LogP contribution is -2.23. The van der Waals surface area contributed by atoms with Gasteiger partial charge in [0.15, 0.2) is 0 Å². The van der Waals surface area contributed by atoms with Crippen LogP contribution in [-0.2, 0) is 11.2 Å². The highest BCUT2D eigenvalue weighted by Crippen LogP contribution is 2.21. The first-order chi connectivity index (χ1) is 10.7. The number of thiazole rings is 2. The molecule has 0 spiro atoms. The van der Waals surface area contributed by atoms with Crippen molar-refractivity contribution in [1.82, 2.24) is 15.3 Å². The standard InChI is InChI=1S/C16H15N3OS2/c1-11-18-10-12(21-11)6-7-15(20)17-9-8-16-19-13-4-2-3-5-14(13)22-16/h2-7,10H,8-9H2,1H3,(H,17,20)/b7-6+. The van der Waals surface area contributed by atoms with Crippen LogP contribution in [0.15, 0.2) is 36.5 Å². The average molecular weight is 329 g/mol. The Morgan fingerprint density at radius 1 is 1.32 bits per heavy atom. The molecule has 0 fully saturated rings. The zero-order valence-corrected chi connectivity index (χ0v) is 13.7. The molecule has 6 heteroatoms. The maximum absolute atomic E-state index is 11.8. The molecule has 0 aliphatic carbocycles. The van der Waals surface area contributed by atoms with Crippen LogP contribution < -0.4 is 5.32 Å². The highest BCUT2D eigenvalue weighted by atomic mass is 32.1. The number of hydrogen-bond acceptors (Lipinski definition) is 5. The van der Waals surface area contributed by atoms with Gasteiger partial charge < -0.3 is 5.32 Å². The van der Waals surface area contributed by atoms with Crippen molar-refractivity contribution < 1.29 is 4.79 Å². The van der Waals surface area contributed by atoms with Crippen LogP contribution in [0.4, 0.5) is 0 Å². The molecule has 112 valence electrons. The summed E-state index contributed by atoms with van der Waals surface area (Å²) in [5.41, 5.74) is 1.02. The Kier molecular flexibility index (Phi) is 4.60. The number of carbonyl (C=O) groups excluding carboxylic acids is 1. The van der Waals surface area contributed by atoms with E-state index in [9.17, 15) is 4.79 Å². The van der Waals surface area contributed by atoms with Gasteiger partial charge in [0.05, 0.1) is 20.2 Å². The maximum atomic E-state index is 11.8. The van der Waals surface area contributed by atoms with Crippen molar-refractivity contribution in [3.05, 3.63) is 51.4 Å². The number of benzene rings is 1. The van der Waals surface area contributed by atoms with E-state index in [1.165, 1.54) is 4.70 Å². The molecule has 3 rings (SSSR count). The van der Waals surface area contributed by atoms with Crippen LogP contribution in [0.3, 0.4) is 0 Å². The Hall–Kier alpha value is -2.05. The van der Waals surface area contributed by atoms with E-state index in [2.05, 4.69) is 21.4 Å². The van der Waals surface area contributed by atoms with E-state index in [1.54, 1.807) is 41.0 Å². The Bertz CT molecular complexity index is 787. The molecule has 2 aromatic heterocycles. The molecule has 3 aromatic rings.